The number of nitrogens with two attached hydrogens (primary N) is 1. The van der Waals surface area contributed by atoms with Gasteiger partial charge in [0.1, 0.15) is 16.5 Å². The molecule has 0 amide bonds. The van der Waals surface area contributed by atoms with Gasteiger partial charge < -0.3 is 10.3 Å². The van der Waals surface area contributed by atoms with E-state index in [-0.39, 0.29) is 12.3 Å². The fourth-order valence-electron chi connectivity index (χ4n) is 1.33. The van der Waals surface area contributed by atoms with E-state index in [1.807, 2.05) is 0 Å². The lowest BCUT2D eigenvalue weighted by Gasteiger charge is -2.07. The molecule has 0 spiro atoms. The zero-order valence-corrected chi connectivity index (χ0v) is 10.2. The normalized spacial score (nSPS) is 11.7. The lowest BCUT2D eigenvalue weighted by molar-refractivity contribution is 0.380. The van der Waals surface area contributed by atoms with Crippen molar-refractivity contribution in [3.05, 3.63) is 41.8 Å². The summed E-state index contributed by atoms with van der Waals surface area (Å²) in [6, 6.07) is 2.57. The van der Waals surface area contributed by atoms with E-state index in [4.69, 9.17) is 5.73 Å². The molecule has 3 N–H and O–H groups in total. The number of sulfonamides is 1. The molecule has 2 rings (SSSR count). The summed E-state index contributed by atoms with van der Waals surface area (Å²) in [5.41, 5.74) is 4.76. The molecule has 19 heavy (non-hydrogen) atoms. The van der Waals surface area contributed by atoms with Gasteiger partial charge in [-0.2, -0.15) is 0 Å². The van der Waals surface area contributed by atoms with Crippen molar-refractivity contribution in [3.8, 4) is 0 Å². The van der Waals surface area contributed by atoms with Crippen molar-refractivity contribution >= 4 is 15.7 Å². The second kappa shape index (κ2) is 4.94. The van der Waals surface area contributed by atoms with Crippen molar-refractivity contribution in [1.82, 2.24) is 9.88 Å². The first-order valence-electron chi connectivity index (χ1n) is 5.04. The Kier molecular flexibility index (Phi) is 3.49. The number of hydrogen-bond acceptors (Lipinski definition) is 5. The molecule has 0 radical (unpaired) electrons. The molecule has 0 saturated carbocycles. The molecule has 0 fully saturated rings. The monoisotopic (exact) mass is 289 g/mol. The van der Waals surface area contributed by atoms with Gasteiger partial charge in [-0.1, -0.05) is 5.16 Å². The molecule has 0 atom stereocenters. The van der Waals surface area contributed by atoms with E-state index < -0.39 is 32.2 Å². The number of halogens is 2. The second-order valence-electron chi connectivity index (χ2n) is 3.61. The van der Waals surface area contributed by atoms with Crippen molar-refractivity contribution in [2.45, 2.75) is 11.4 Å². The van der Waals surface area contributed by atoms with Gasteiger partial charge in [0.15, 0.2) is 5.76 Å². The third kappa shape index (κ3) is 2.88. The molecule has 102 valence electrons. The fourth-order valence-corrected chi connectivity index (χ4v) is 2.41. The number of nitrogen functional groups attached to an aromatic ring is 1. The zero-order chi connectivity index (χ0) is 14.0. The van der Waals surface area contributed by atoms with Crippen molar-refractivity contribution in [2.75, 3.05) is 5.73 Å². The van der Waals surface area contributed by atoms with Crippen molar-refractivity contribution in [1.29, 1.82) is 0 Å². The summed E-state index contributed by atoms with van der Waals surface area (Å²) in [6.45, 7) is -0.209. The van der Waals surface area contributed by atoms with Crippen molar-refractivity contribution in [3.63, 3.8) is 0 Å². The molecular formula is C10H9F2N3O3S. The largest absolute Gasteiger partial charge is 0.396 e. The average Bonchev–Trinajstić information content (AvgIpc) is 2.84. The summed E-state index contributed by atoms with van der Waals surface area (Å²) in [7, 11) is -4.17. The van der Waals surface area contributed by atoms with E-state index in [2.05, 4.69) is 14.4 Å². The molecule has 6 nitrogen and oxygen atoms in total. The Balaban J connectivity index is 2.27. The summed E-state index contributed by atoms with van der Waals surface area (Å²) < 4.78 is 56.8. The van der Waals surface area contributed by atoms with Crippen LogP contribution < -0.4 is 10.5 Å². The van der Waals surface area contributed by atoms with Gasteiger partial charge in [0.2, 0.25) is 10.0 Å². The standard InChI is InChI=1S/C10H9F2N3O3S/c11-7-3-8(12)10(4-9(7)13)19(16,17)15-5-6-1-2-14-18-6/h1-4,15H,5,13H2. The molecule has 0 saturated heterocycles. The van der Waals surface area contributed by atoms with Crippen molar-refractivity contribution < 1.29 is 21.7 Å². The molecule has 0 aliphatic heterocycles. The van der Waals surface area contributed by atoms with E-state index in [0.29, 0.717) is 12.1 Å². The number of anilines is 1. The molecule has 0 aliphatic carbocycles. The van der Waals surface area contributed by atoms with Crippen LogP contribution in [0.15, 0.2) is 33.8 Å². The van der Waals surface area contributed by atoms with E-state index >= 15 is 0 Å². The highest BCUT2D eigenvalue weighted by Crippen LogP contribution is 2.20. The zero-order valence-electron chi connectivity index (χ0n) is 9.43. The van der Waals surface area contributed by atoms with Crippen LogP contribution in [0.3, 0.4) is 0 Å². The number of nitrogens with one attached hydrogen (secondary N) is 1. The molecular weight excluding hydrogens is 280 g/mol. The highest BCUT2D eigenvalue weighted by atomic mass is 32.2. The fraction of sp³-hybridized carbons (Fsp3) is 0.100. The predicted octanol–water partition coefficient (Wildman–Crippen LogP) is 1.01. The SMILES string of the molecule is Nc1cc(S(=O)(=O)NCc2ccno2)c(F)cc1F. The topological polar surface area (TPSA) is 98.2 Å². The van der Waals surface area contributed by atoms with Crippen LogP contribution in [-0.2, 0) is 16.6 Å². The molecule has 9 heteroatoms. The molecule has 0 aliphatic rings. The summed E-state index contributed by atoms with van der Waals surface area (Å²) in [6.07, 6.45) is 1.33. The first kappa shape index (κ1) is 13.4. The van der Waals surface area contributed by atoms with Crippen LogP contribution in [0.5, 0.6) is 0 Å². The molecule has 1 heterocycles. The average molecular weight is 289 g/mol. The molecule has 1 aromatic carbocycles. The smallest absolute Gasteiger partial charge is 0.243 e. The minimum Gasteiger partial charge on any atom is -0.396 e. The van der Waals surface area contributed by atoms with Crippen LogP contribution in [0.25, 0.3) is 0 Å². The van der Waals surface area contributed by atoms with Crippen LogP contribution in [0.4, 0.5) is 14.5 Å². The quantitative estimate of drug-likeness (QED) is 0.819. The van der Waals surface area contributed by atoms with Crippen LogP contribution >= 0.6 is 0 Å². The lowest BCUT2D eigenvalue weighted by Crippen LogP contribution is -2.24. The number of benzene rings is 1. The maximum absolute atomic E-state index is 13.4. The third-order valence-corrected chi connectivity index (χ3v) is 3.68. The first-order valence-corrected chi connectivity index (χ1v) is 6.52. The van der Waals surface area contributed by atoms with Gasteiger partial charge >= 0.3 is 0 Å². The molecule has 0 unspecified atom stereocenters. The van der Waals surface area contributed by atoms with E-state index in [1.165, 1.54) is 12.3 Å². The Labute approximate surface area is 107 Å². The van der Waals surface area contributed by atoms with Gasteiger partial charge in [-0.25, -0.2) is 21.9 Å². The van der Waals surface area contributed by atoms with Gasteiger partial charge in [0, 0.05) is 12.1 Å². The van der Waals surface area contributed by atoms with Crippen LogP contribution in [0.1, 0.15) is 5.76 Å². The van der Waals surface area contributed by atoms with Crippen LogP contribution in [-0.4, -0.2) is 13.6 Å². The Morgan fingerprint density at radius 2 is 2.05 bits per heavy atom. The third-order valence-electron chi connectivity index (χ3n) is 2.27. The van der Waals surface area contributed by atoms with Crippen LogP contribution in [0.2, 0.25) is 0 Å². The second-order valence-corrected chi connectivity index (χ2v) is 5.34. The molecule has 2 aromatic rings. The Morgan fingerprint density at radius 3 is 2.68 bits per heavy atom. The van der Waals surface area contributed by atoms with E-state index in [0.717, 1.165) is 0 Å². The highest BCUT2D eigenvalue weighted by molar-refractivity contribution is 7.89. The number of rotatable bonds is 4. The number of hydrogen-bond donors (Lipinski definition) is 2. The first-order chi connectivity index (χ1) is 8.90. The lowest BCUT2D eigenvalue weighted by atomic mass is 10.3. The summed E-state index contributed by atoms with van der Waals surface area (Å²) in [5, 5.41) is 3.39. The maximum atomic E-state index is 13.4. The predicted molar refractivity (Wildman–Crippen MR) is 61.3 cm³/mol. The minimum absolute atomic E-state index is 0.209. The van der Waals surface area contributed by atoms with Gasteiger partial charge in [-0.3, -0.25) is 0 Å². The van der Waals surface area contributed by atoms with E-state index in [1.54, 1.807) is 0 Å². The summed E-state index contributed by atoms with van der Waals surface area (Å²) in [4.78, 5) is -0.731. The Morgan fingerprint density at radius 1 is 1.32 bits per heavy atom. The number of nitrogens with zero attached hydrogens (tertiary/aromatic N) is 1. The summed E-state index contributed by atoms with van der Waals surface area (Å²) in [5.74, 6) is -2.00. The molecule has 0 bridgehead atoms. The van der Waals surface area contributed by atoms with Gasteiger partial charge in [0.05, 0.1) is 18.4 Å². The van der Waals surface area contributed by atoms with Crippen molar-refractivity contribution in [2.24, 2.45) is 0 Å². The van der Waals surface area contributed by atoms with Gasteiger partial charge in [-0.05, 0) is 6.07 Å². The summed E-state index contributed by atoms with van der Waals surface area (Å²) >= 11 is 0. The molecule has 1 aromatic heterocycles. The van der Waals surface area contributed by atoms with E-state index in [9.17, 15) is 17.2 Å². The Hall–Kier alpha value is -2.00. The van der Waals surface area contributed by atoms with Crippen LogP contribution in [0, 0.1) is 11.6 Å². The van der Waals surface area contributed by atoms with Gasteiger partial charge in [0.25, 0.3) is 0 Å². The van der Waals surface area contributed by atoms with Gasteiger partial charge in [-0.15, -0.1) is 0 Å². The number of aromatic nitrogens is 1. The maximum Gasteiger partial charge on any atom is 0.243 e. The highest BCUT2D eigenvalue weighted by Gasteiger charge is 2.21. The minimum atomic E-state index is -4.17. The Bertz CT molecular complexity index is 686.